The molecule has 1 aromatic carbocycles. The molecule has 0 radical (unpaired) electrons. The molecule has 9 heteroatoms. The molecular weight excluding hydrogens is 394 g/mol. The van der Waals surface area contributed by atoms with Crippen molar-refractivity contribution >= 4 is 22.8 Å². The molecule has 0 bridgehead atoms. The number of carbonyl (C=O) groups is 1. The van der Waals surface area contributed by atoms with Crippen LogP contribution in [0.15, 0.2) is 41.6 Å². The molecule has 4 heterocycles. The number of amides is 1. The largest absolute Gasteiger partial charge is 0.307 e. The van der Waals surface area contributed by atoms with Gasteiger partial charge in [-0.15, -0.1) is 0 Å². The summed E-state index contributed by atoms with van der Waals surface area (Å²) in [6.45, 7) is 6.87. The van der Waals surface area contributed by atoms with E-state index in [1.54, 1.807) is 18.9 Å². The number of aromatic nitrogens is 6. The molecule has 5 rings (SSSR count). The maximum Gasteiger partial charge on any atom is 0.260 e. The number of carbonyl (C=O) groups excluding carboxylic acids is 1. The van der Waals surface area contributed by atoms with Gasteiger partial charge in [-0.1, -0.05) is 6.07 Å². The van der Waals surface area contributed by atoms with Crippen LogP contribution in [0.1, 0.15) is 26.8 Å². The van der Waals surface area contributed by atoms with Crippen molar-refractivity contribution in [1.29, 1.82) is 0 Å². The number of rotatable bonds is 3. The minimum Gasteiger partial charge on any atom is -0.307 e. The molecular formula is C22H23N7O2. The summed E-state index contributed by atoms with van der Waals surface area (Å²) in [5.41, 5.74) is 3.65. The minimum atomic E-state index is -0.107. The maximum absolute atomic E-state index is 12.7. The van der Waals surface area contributed by atoms with E-state index in [1.807, 2.05) is 39.7 Å². The van der Waals surface area contributed by atoms with Gasteiger partial charge in [0.25, 0.3) is 5.56 Å². The predicted molar refractivity (Wildman–Crippen MR) is 118 cm³/mol. The molecule has 158 valence electrons. The Labute approximate surface area is 178 Å². The van der Waals surface area contributed by atoms with E-state index in [-0.39, 0.29) is 17.5 Å². The lowest BCUT2D eigenvalue weighted by molar-refractivity contribution is -0.116. The Morgan fingerprint density at radius 3 is 2.68 bits per heavy atom. The average Bonchev–Trinajstić information content (AvgIpc) is 3.44. The Morgan fingerprint density at radius 2 is 1.97 bits per heavy atom. The van der Waals surface area contributed by atoms with Crippen molar-refractivity contribution in [3.63, 3.8) is 0 Å². The van der Waals surface area contributed by atoms with Gasteiger partial charge in [0.05, 0.1) is 22.9 Å². The lowest BCUT2D eigenvalue weighted by Crippen LogP contribution is -2.26. The highest BCUT2D eigenvalue weighted by Gasteiger charge is 2.31. The van der Waals surface area contributed by atoms with Gasteiger partial charge in [-0.25, -0.2) is 9.97 Å². The zero-order valence-electron chi connectivity index (χ0n) is 17.9. The Kier molecular flexibility index (Phi) is 4.28. The predicted octanol–water partition coefficient (Wildman–Crippen LogP) is 2.61. The summed E-state index contributed by atoms with van der Waals surface area (Å²) in [4.78, 5) is 35.7. The first-order chi connectivity index (χ1) is 14.8. The SMILES string of the molecule is CC(=O)N1CCn2c1nc(-c1ccn(C(C)C)n1)c2-c1ccc2ncn(C)c(=O)c2c1. The lowest BCUT2D eigenvalue weighted by atomic mass is 10.1. The van der Waals surface area contributed by atoms with Crippen LogP contribution in [0.5, 0.6) is 0 Å². The summed E-state index contributed by atoms with van der Waals surface area (Å²) in [5.74, 6) is 0.557. The first kappa shape index (κ1) is 19.2. The first-order valence-corrected chi connectivity index (χ1v) is 10.2. The molecule has 0 N–H and O–H groups in total. The van der Waals surface area contributed by atoms with E-state index in [1.165, 1.54) is 10.9 Å². The van der Waals surface area contributed by atoms with Crippen LogP contribution in [0.4, 0.5) is 5.95 Å². The summed E-state index contributed by atoms with van der Waals surface area (Å²) < 4.78 is 5.38. The second kappa shape index (κ2) is 6.90. The van der Waals surface area contributed by atoms with Gasteiger partial charge in [0.15, 0.2) is 0 Å². The maximum atomic E-state index is 12.7. The summed E-state index contributed by atoms with van der Waals surface area (Å²) in [6.07, 6.45) is 3.45. The fourth-order valence-electron chi connectivity index (χ4n) is 4.04. The molecule has 0 saturated carbocycles. The van der Waals surface area contributed by atoms with E-state index in [0.29, 0.717) is 35.6 Å². The number of hydrogen-bond acceptors (Lipinski definition) is 5. The van der Waals surface area contributed by atoms with Crippen molar-refractivity contribution < 1.29 is 4.79 Å². The molecule has 31 heavy (non-hydrogen) atoms. The third-order valence-corrected chi connectivity index (χ3v) is 5.69. The lowest BCUT2D eigenvalue weighted by Gasteiger charge is -2.09. The van der Waals surface area contributed by atoms with Crippen molar-refractivity contribution in [1.82, 2.24) is 28.9 Å². The summed E-state index contributed by atoms with van der Waals surface area (Å²) in [6, 6.07) is 7.80. The van der Waals surface area contributed by atoms with Gasteiger partial charge in [0.2, 0.25) is 11.9 Å². The van der Waals surface area contributed by atoms with Crippen molar-refractivity contribution in [2.75, 3.05) is 11.4 Å². The van der Waals surface area contributed by atoms with E-state index in [9.17, 15) is 9.59 Å². The van der Waals surface area contributed by atoms with Crippen molar-refractivity contribution in [3.05, 3.63) is 47.1 Å². The number of nitrogens with zero attached hydrogens (tertiary/aromatic N) is 7. The normalized spacial score (nSPS) is 13.4. The topological polar surface area (TPSA) is 90.8 Å². The van der Waals surface area contributed by atoms with Crippen LogP contribution >= 0.6 is 0 Å². The fourth-order valence-corrected chi connectivity index (χ4v) is 4.04. The van der Waals surface area contributed by atoms with Gasteiger partial charge < -0.3 is 9.13 Å². The highest BCUT2D eigenvalue weighted by molar-refractivity contribution is 5.93. The van der Waals surface area contributed by atoms with E-state index < -0.39 is 0 Å². The van der Waals surface area contributed by atoms with E-state index in [0.717, 1.165) is 17.0 Å². The second-order valence-corrected chi connectivity index (χ2v) is 8.10. The summed E-state index contributed by atoms with van der Waals surface area (Å²) >= 11 is 0. The molecule has 0 spiro atoms. The highest BCUT2D eigenvalue weighted by Crippen LogP contribution is 2.38. The van der Waals surface area contributed by atoms with Gasteiger partial charge in [0.1, 0.15) is 11.4 Å². The number of imidazole rings is 1. The molecule has 1 aliphatic heterocycles. The Hall–Kier alpha value is -3.75. The zero-order valence-corrected chi connectivity index (χ0v) is 17.9. The summed E-state index contributed by atoms with van der Waals surface area (Å²) in [5, 5.41) is 5.24. The van der Waals surface area contributed by atoms with E-state index >= 15 is 0 Å². The number of aryl methyl sites for hydroxylation is 1. The standard InChI is InChI=1S/C22H23N7O2/c1-13(2)29-8-7-18(25-29)19-20(28-10-9-27(14(3)30)22(28)24-19)15-5-6-17-16(11-15)21(31)26(4)12-23-17/h5-8,11-13H,9-10H2,1-4H3. The van der Waals surface area contributed by atoms with Crippen LogP contribution in [0.3, 0.4) is 0 Å². The molecule has 3 aromatic heterocycles. The quantitative estimate of drug-likeness (QED) is 0.511. The van der Waals surface area contributed by atoms with Gasteiger partial charge >= 0.3 is 0 Å². The van der Waals surface area contributed by atoms with Crippen LogP contribution in [-0.2, 0) is 18.4 Å². The van der Waals surface area contributed by atoms with Crippen LogP contribution in [0, 0.1) is 0 Å². The first-order valence-electron chi connectivity index (χ1n) is 10.2. The molecule has 4 aromatic rings. The molecule has 1 aliphatic rings. The summed E-state index contributed by atoms with van der Waals surface area (Å²) in [7, 11) is 1.69. The average molecular weight is 417 g/mol. The Balaban J connectivity index is 1.77. The van der Waals surface area contributed by atoms with Crippen LogP contribution in [0.25, 0.3) is 33.5 Å². The molecule has 0 saturated heterocycles. The third kappa shape index (κ3) is 2.96. The van der Waals surface area contributed by atoms with Crippen LogP contribution in [-0.4, -0.2) is 41.3 Å². The van der Waals surface area contributed by atoms with E-state index in [4.69, 9.17) is 10.1 Å². The minimum absolute atomic E-state index is 0.0499. The van der Waals surface area contributed by atoms with Crippen molar-refractivity contribution in [2.24, 2.45) is 7.05 Å². The van der Waals surface area contributed by atoms with Gasteiger partial charge in [-0.3, -0.25) is 19.2 Å². The monoisotopic (exact) mass is 417 g/mol. The van der Waals surface area contributed by atoms with Gasteiger partial charge in [-0.2, -0.15) is 5.10 Å². The van der Waals surface area contributed by atoms with Crippen LogP contribution < -0.4 is 10.5 Å². The molecule has 0 unspecified atom stereocenters. The molecule has 0 aliphatic carbocycles. The Morgan fingerprint density at radius 1 is 1.16 bits per heavy atom. The molecule has 1 amide bonds. The van der Waals surface area contributed by atoms with E-state index in [2.05, 4.69) is 18.8 Å². The molecule has 0 atom stereocenters. The Bertz CT molecular complexity index is 1390. The van der Waals surface area contributed by atoms with Gasteiger partial charge in [0, 0.05) is 44.9 Å². The fraction of sp³-hybridized carbons (Fsp3) is 0.318. The number of fused-ring (bicyclic) bond motifs is 2. The number of anilines is 1. The molecule has 9 nitrogen and oxygen atoms in total. The highest BCUT2D eigenvalue weighted by atomic mass is 16.2. The van der Waals surface area contributed by atoms with Crippen molar-refractivity contribution in [3.8, 4) is 22.6 Å². The van der Waals surface area contributed by atoms with Crippen molar-refractivity contribution in [2.45, 2.75) is 33.4 Å². The van der Waals surface area contributed by atoms with Crippen LogP contribution in [0.2, 0.25) is 0 Å². The smallest absolute Gasteiger partial charge is 0.260 e. The van der Waals surface area contributed by atoms with Gasteiger partial charge in [-0.05, 0) is 32.0 Å². The third-order valence-electron chi connectivity index (χ3n) is 5.69. The second-order valence-electron chi connectivity index (χ2n) is 8.10. The molecule has 0 fully saturated rings. The number of benzene rings is 1. The zero-order chi connectivity index (χ0) is 21.9. The number of hydrogen-bond donors (Lipinski definition) is 0.